The molecule has 0 fully saturated rings. The van der Waals surface area contributed by atoms with E-state index in [0.717, 1.165) is 22.3 Å². The van der Waals surface area contributed by atoms with Gasteiger partial charge in [0.2, 0.25) is 5.95 Å². The number of hydrogen-bond donors (Lipinski definition) is 2. The lowest BCUT2D eigenvalue weighted by molar-refractivity contribution is 1.02. The van der Waals surface area contributed by atoms with Crippen LogP contribution >= 0.6 is 0 Å². The van der Waals surface area contributed by atoms with E-state index in [4.69, 9.17) is 4.98 Å². The second kappa shape index (κ2) is 7.52. The molecule has 0 spiro atoms. The number of benzene rings is 1. The minimum Gasteiger partial charge on any atom is -0.368 e. The van der Waals surface area contributed by atoms with Gasteiger partial charge in [0.05, 0.1) is 5.52 Å². The third kappa shape index (κ3) is 3.56. The first-order chi connectivity index (χ1) is 12.9. The Bertz CT molecular complexity index is 990. The average Bonchev–Trinajstić information content (AvgIpc) is 2.72. The van der Waals surface area contributed by atoms with Gasteiger partial charge in [0.25, 0.3) is 0 Å². The average molecular weight is 343 g/mol. The van der Waals surface area contributed by atoms with Gasteiger partial charge in [0.1, 0.15) is 5.82 Å². The van der Waals surface area contributed by atoms with Crippen molar-refractivity contribution in [3.63, 3.8) is 0 Å². The molecule has 0 radical (unpaired) electrons. The van der Waals surface area contributed by atoms with Gasteiger partial charge in [-0.25, -0.2) is 19.9 Å². The Morgan fingerprint density at radius 3 is 2.46 bits per heavy atom. The SMILES string of the molecule is c1cnc(NCCNc2nc(-c3cccnc3)nc3ccccc23)nc1. The van der Waals surface area contributed by atoms with Crippen LogP contribution in [0, 0.1) is 0 Å². The lowest BCUT2D eigenvalue weighted by atomic mass is 10.2. The van der Waals surface area contributed by atoms with Crippen LogP contribution in [0.25, 0.3) is 22.3 Å². The highest BCUT2D eigenvalue weighted by atomic mass is 15.1. The molecule has 128 valence electrons. The minimum atomic E-state index is 0.609. The van der Waals surface area contributed by atoms with Crippen molar-refractivity contribution in [3.8, 4) is 11.4 Å². The van der Waals surface area contributed by atoms with E-state index >= 15 is 0 Å². The molecule has 4 rings (SSSR count). The maximum Gasteiger partial charge on any atom is 0.222 e. The highest BCUT2D eigenvalue weighted by Gasteiger charge is 2.09. The molecule has 26 heavy (non-hydrogen) atoms. The Hall–Kier alpha value is -3.61. The Morgan fingerprint density at radius 2 is 1.62 bits per heavy atom. The molecular weight excluding hydrogens is 326 g/mol. The van der Waals surface area contributed by atoms with Crippen molar-refractivity contribution in [2.24, 2.45) is 0 Å². The lowest BCUT2D eigenvalue weighted by Gasteiger charge is -2.11. The molecule has 0 aliphatic heterocycles. The Labute approximate surface area is 150 Å². The van der Waals surface area contributed by atoms with Gasteiger partial charge < -0.3 is 10.6 Å². The predicted octanol–water partition coefficient (Wildman–Crippen LogP) is 3.01. The van der Waals surface area contributed by atoms with Crippen LogP contribution in [0.15, 0.2) is 67.3 Å². The van der Waals surface area contributed by atoms with Crippen molar-refractivity contribution in [3.05, 3.63) is 67.3 Å². The quantitative estimate of drug-likeness (QED) is 0.520. The number of aromatic nitrogens is 5. The third-order valence-corrected chi connectivity index (χ3v) is 3.79. The number of rotatable bonds is 6. The summed E-state index contributed by atoms with van der Waals surface area (Å²) in [7, 11) is 0. The van der Waals surface area contributed by atoms with Gasteiger partial charge >= 0.3 is 0 Å². The number of para-hydroxylation sites is 1. The van der Waals surface area contributed by atoms with Crippen LogP contribution in [-0.2, 0) is 0 Å². The maximum absolute atomic E-state index is 4.69. The van der Waals surface area contributed by atoms with Gasteiger partial charge in [-0.3, -0.25) is 4.98 Å². The molecule has 0 bridgehead atoms. The van der Waals surface area contributed by atoms with Gasteiger partial charge in [-0.15, -0.1) is 0 Å². The van der Waals surface area contributed by atoms with Gasteiger partial charge in [-0.05, 0) is 30.3 Å². The van der Waals surface area contributed by atoms with Crippen molar-refractivity contribution in [2.75, 3.05) is 23.7 Å². The summed E-state index contributed by atoms with van der Waals surface area (Å²) >= 11 is 0. The summed E-state index contributed by atoms with van der Waals surface area (Å²) < 4.78 is 0. The highest BCUT2D eigenvalue weighted by Crippen LogP contribution is 2.24. The largest absolute Gasteiger partial charge is 0.368 e. The monoisotopic (exact) mass is 343 g/mol. The summed E-state index contributed by atoms with van der Waals surface area (Å²) in [5, 5.41) is 7.53. The standard InChI is InChI=1S/C19H17N7/c1-2-7-16-15(6-1)18(21-11-12-24-19-22-9-4-10-23-19)26-17(25-16)14-5-3-8-20-13-14/h1-10,13H,11-12H2,(H,21,25,26)(H,22,23,24). The molecule has 0 saturated heterocycles. The predicted molar refractivity (Wildman–Crippen MR) is 102 cm³/mol. The van der Waals surface area contributed by atoms with Gasteiger partial charge in [-0.1, -0.05) is 12.1 Å². The summed E-state index contributed by atoms with van der Waals surface area (Å²) in [6.07, 6.45) is 6.92. The van der Waals surface area contributed by atoms with Crippen molar-refractivity contribution >= 4 is 22.7 Å². The van der Waals surface area contributed by atoms with Gasteiger partial charge in [-0.2, -0.15) is 0 Å². The van der Waals surface area contributed by atoms with E-state index in [1.807, 2.05) is 36.4 Å². The third-order valence-electron chi connectivity index (χ3n) is 3.79. The van der Waals surface area contributed by atoms with Gasteiger partial charge in [0, 0.05) is 48.8 Å². The Balaban J connectivity index is 1.55. The van der Waals surface area contributed by atoms with Crippen LogP contribution in [0.1, 0.15) is 0 Å². The number of fused-ring (bicyclic) bond motifs is 1. The molecule has 3 aromatic heterocycles. The molecule has 1 aromatic carbocycles. The summed E-state index contributed by atoms with van der Waals surface area (Å²) in [6, 6.07) is 13.6. The van der Waals surface area contributed by atoms with E-state index in [0.29, 0.717) is 24.9 Å². The van der Waals surface area contributed by atoms with Crippen LogP contribution < -0.4 is 10.6 Å². The van der Waals surface area contributed by atoms with Crippen LogP contribution in [0.4, 0.5) is 11.8 Å². The molecule has 0 aliphatic rings. The van der Waals surface area contributed by atoms with E-state index in [9.17, 15) is 0 Å². The van der Waals surface area contributed by atoms with Crippen molar-refractivity contribution in [1.82, 2.24) is 24.9 Å². The topological polar surface area (TPSA) is 88.5 Å². The normalized spacial score (nSPS) is 10.6. The van der Waals surface area contributed by atoms with E-state index in [-0.39, 0.29) is 0 Å². The zero-order chi connectivity index (χ0) is 17.6. The fraction of sp³-hybridized carbons (Fsp3) is 0.105. The zero-order valence-electron chi connectivity index (χ0n) is 14.0. The van der Waals surface area contributed by atoms with Crippen LogP contribution in [-0.4, -0.2) is 38.0 Å². The van der Waals surface area contributed by atoms with Gasteiger partial charge in [0.15, 0.2) is 5.82 Å². The van der Waals surface area contributed by atoms with Crippen LogP contribution in [0.5, 0.6) is 0 Å². The first-order valence-electron chi connectivity index (χ1n) is 8.32. The molecule has 0 aliphatic carbocycles. The zero-order valence-corrected chi connectivity index (χ0v) is 14.0. The number of anilines is 2. The van der Waals surface area contributed by atoms with E-state index in [1.54, 1.807) is 30.9 Å². The maximum atomic E-state index is 4.69. The molecule has 7 nitrogen and oxygen atoms in total. The van der Waals surface area contributed by atoms with E-state index < -0.39 is 0 Å². The molecule has 0 amide bonds. The van der Waals surface area contributed by atoms with Crippen molar-refractivity contribution in [2.45, 2.75) is 0 Å². The molecule has 7 heteroatoms. The number of nitrogens with zero attached hydrogens (tertiary/aromatic N) is 5. The number of nitrogens with one attached hydrogen (secondary N) is 2. The second-order valence-electron chi connectivity index (χ2n) is 5.58. The molecule has 0 saturated carbocycles. The first kappa shape index (κ1) is 15.9. The molecular formula is C19H17N7. The van der Waals surface area contributed by atoms with Crippen molar-refractivity contribution in [1.29, 1.82) is 0 Å². The molecule has 0 atom stereocenters. The fourth-order valence-corrected chi connectivity index (χ4v) is 2.58. The van der Waals surface area contributed by atoms with Crippen LogP contribution in [0.2, 0.25) is 0 Å². The minimum absolute atomic E-state index is 0.609. The lowest BCUT2D eigenvalue weighted by Crippen LogP contribution is -2.16. The first-order valence-corrected chi connectivity index (χ1v) is 8.32. The number of hydrogen-bond acceptors (Lipinski definition) is 7. The summed E-state index contributed by atoms with van der Waals surface area (Å²) in [5.41, 5.74) is 1.78. The smallest absolute Gasteiger partial charge is 0.222 e. The highest BCUT2D eigenvalue weighted by molar-refractivity contribution is 5.90. The van der Waals surface area contributed by atoms with Crippen molar-refractivity contribution < 1.29 is 0 Å². The summed E-state index contributed by atoms with van der Waals surface area (Å²) in [4.78, 5) is 21.8. The summed E-state index contributed by atoms with van der Waals surface area (Å²) in [6.45, 7) is 1.34. The Kier molecular flexibility index (Phi) is 4.60. The Morgan fingerprint density at radius 1 is 0.769 bits per heavy atom. The van der Waals surface area contributed by atoms with E-state index in [1.165, 1.54) is 0 Å². The second-order valence-corrected chi connectivity index (χ2v) is 5.58. The summed E-state index contributed by atoms with van der Waals surface area (Å²) in [5.74, 6) is 2.06. The van der Waals surface area contributed by atoms with Crippen LogP contribution in [0.3, 0.4) is 0 Å². The fourth-order valence-electron chi connectivity index (χ4n) is 2.58. The molecule has 2 N–H and O–H groups in total. The molecule has 3 heterocycles. The number of pyridine rings is 1. The molecule has 4 aromatic rings. The molecule has 0 unspecified atom stereocenters. The van der Waals surface area contributed by atoms with E-state index in [2.05, 4.69) is 30.6 Å².